The molecule has 1 amide bonds. The zero-order chi connectivity index (χ0) is 20.7. The Kier molecular flexibility index (Phi) is 7.03. The zero-order valence-corrected chi connectivity index (χ0v) is 15.1. The lowest BCUT2D eigenvalue weighted by Gasteiger charge is -2.23. The van der Waals surface area contributed by atoms with Gasteiger partial charge in [-0.2, -0.15) is 13.2 Å². The highest BCUT2D eigenvalue weighted by molar-refractivity contribution is 5.80. The number of ether oxygens (including phenoxy) is 1. The third-order valence-corrected chi connectivity index (χ3v) is 4.03. The monoisotopic (exact) mass is 395 g/mol. The molecule has 0 aromatic heterocycles. The molecular formula is C20H20F3NO4. The van der Waals surface area contributed by atoms with Crippen molar-refractivity contribution < 1.29 is 32.6 Å². The number of amides is 1. The molecule has 150 valence electrons. The number of nitrogens with one attached hydrogen (secondary N) is 1. The van der Waals surface area contributed by atoms with Crippen molar-refractivity contribution in [2.24, 2.45) is 5.92 Å². The lowest BCUT2D eigenvalue weighted by molar-refractivity contribution is -0.153. The Balaban J connectivity index is 2.07. The molecule has 2 aromatic carbocycles. The normalized spacial score (nSPS) is 13.4. The average Bonchev–Trinajstić information content (AvgIpc) is 2.64. The van der Waals surface area contributed by atoms with Crippen LogP contribution in [0.4, 0.5) is 13.2 Å². The van der Waals surface area contributed by atoms with Crippen LogP contribution in [0.15, 0.2) is 54.6 Å². The molecule has 0 saturated heterocycles. The molecule has 0 aliphatic heterocycles. The third-order valence-electron chi connectivity index (χ3n) is 4.03. The van der Waals surface area contributed by atoms with Crippen molar-refractivity contribution in [3.8, 4) is 5.75 Å². The lowest BCUT2D eigenvalue weighted by Crippen LogP contribution is -2.36. The summed E-state index contributed by atoms with van der Waals surface area (Å²) in [4.78, 5) is 23.8. The number of hydrogen-bond donors (Lipinski definition) is 2. The predicted molar refractivity (Wildman–Crippen MR) is 95.8 cm³/mol. The van der Waals surface area contributed by atoms with Crippen LogP contribution in [0.2, 0.25) is 0 Å². The molecule has 0 bridgehead atoms. The molecule has 28 heavy (non-hydrogen) atoms. The molecule has 2 atom stereocenters. The number of carboxylic acids is 1. The van der Waals surface area contributed by atoms with Crippen molar-refractivity contribution in [3.63, 3.8) is 0 Å². The predicted octanol–water partition coefficient (Wildman–Crippen LogP) is 3.75. The van der Waals surface area contributed by atoms with E-state index < -0.39 is 36.6 Å². The van der Waals surface area contributed by atoms with Gasteiger partial charge in [0.2, 0.25) is 5.91 Å². The minimum Gasteiger partial charge on any atom is -0.484 e. The second kappa shape index (κ2) is 9.25. The van der Waals surface area contributed by atoms with Crippen LogP contribution >= 0.6 is 0 Å². The molecule has 2 unspecified atom stereocenters. The largest absolute Gasteiger partial charge is 0.484 e. The van der Waals surface area contributed by atoms with Crippen molar-refractivity contribution in [1.82, 2.24) is 5.32 Å². The van der Waals surface area contributed by atoms with E-state index in [0.29, 0.717) is 11.1 Å². The van der Waals surface area contributed by atoms with Gasteiger partial charge in [-0.05, 0) is 30.2 Å². The molecule has 0 aliphatic rings. The number of alkyl halides is 3. The lowest BCUT2D eigenvalue weighted by atomic mass is 9.94. The van der Waals surface area contributed by atoms with Crippen molar-refractivity contribution in [2.75, 3.05) is 6.61 Å². The van der Waals surface area contributed by atoms with Gasteiger partial charge in [0.05, 0.1) is 18.4 Å². The van der Waals surface area contributed by atoms with E-state index in [9.17, 15) is 27.9 Å². The van der Waals surface area contributed by atoms with Crippen LogP contribution in [0.3, 0.4) is 0 Å². The summed E-state index contributed by atoms with van der Waals surface area (Å²) in [5, 5.41) is 12.0. The van der Waals surface area contributed by atoms with Gasteiger partial charge in [-0.1, -0.05) is 42.5 Å². The molecule has 0 aliphatic carbocycles. The highest BCUT2D eigenvalue weighted by Gasteiger charge is 2.29. The van der Waals surface area contributed by atoms with Crippen LogP contribution in [-0.2, 0) is 16.0 Å². The van der Waals surface area contributed by atoms with Gasteiger partial charge in [0.1, 0.15) is 5.75 Å². The van der Waals surface area contributed by atoms with E-state index in [0.717, 1.165) is 0 Å². The Labute approximate surface area is 160 Å². The highest BCUT2D eigenvalue weighted by Crippen LogP contribution is 2.23. The maximum atomic E-state index is 12.4. The van der Waals surface area contributed by atoms with Gasteiger partial charge in [0.15, 0.2) is 6.61 Å². The summed E-state index contributed by atoms with van der Waals surface area (Å²) < 4.78 is 41.5. The topological polar surface area (TPSA) is 75.6 Å². The van der Waals surface area contributed by atoms with Gasteiger partial charge >= 0.3 is 12.1 Å². The summed E-state index contributed by atoms with van der Waals surface area (Å²) in [5.41, 5.74) is 1.10. The molecule has 0 heterocycles. The highest BCUT2D eigenvalue weighted by atomic mass is 19.4. The fraction of sp³-hybridized carbons (Fsp3) is 0.300. The number of rotatable bonds is 8. The summed E-state index contributed by atoms with van der Waals surface area (Å²) in [6, 6.07) is 13.7. The van der Waals surface area contributed by atoms with Crippen LogP contribution in [0, 0.1) is 5.92 Å². The number of hydrogen-bond acceptors (Lipinski definition) is 3. The first kappa shape index (κ1) is 21.3. The molecule has 0 fully saturated rings. The molecule has 0 spiro atoms. The quantitative estimate of drug-likeness (QED) is 0.714. The Morgan fingerprint density at radius 1 is 1.11 bits per heavy atom. The van der Waals surface area contributed by atoms with Gasteiger partial charge < -0.3 is 15.2 Å². The molecule has 2 N–H and O–H groups in total. The van der Waals surface area contributed by atoms with E-state index >= 15 is 0 Å². The van der Waals surface area contributed by atoms with Crippen LogP contribution < -0.4 is 10.1 Å². The van der Waals surface area contributed by atoms with Gasteiger partial charge in [-0.25, -0.2) is 0 Å². The van der Waals surface area contributed by atoms with Crippen molar-refractivity contribution >= 4 is 11.9 Å². The van der Waals surface area contributed by atoms with Crippen molar-refractivity contribution in [2.45, 2.75) is 25.6 Å². The Hall–Kier alpha value is -3.03. The van der Waals surface area contributed by atoms with Gasteiger partial charge in [0, 0.05) is 0 Å². The van der Waals surface area contributed by atoms with E-state index in [2.05, 4.69) is 10.1 Å². The van der Waals surface area contributed by atoms with E-state index in [-0.39, 0.29) is 12.2 Å². The smallest absolute Gasteiger partial charge is 0.422 e. The van der Waals surface area contributed by atoms with Crippen molar-refractivity contribution in [1.29, 1.82) is 0 Å². The molecule has 8 heteroatoms. The second-order valence-corrected chi connectivity index (χ2v) is 6.31. The average molecular weight is 395 g/mol. The molecular weight excluding hydrogens is 375 g/mol. The van der Waals surface area contributed by atoms with E-state index in [1.54, 1.807) is 36.4 Å². The summed E-state index contributed by atoms with van der Waals surface area (Å²) in [6.07, 6.45) is -4.58. The first-order valence-electron chi connectivity index (χ1n) is 8.51. The summed E-state index contributed by atoms with van der Waals surface area (Å²) in [7, 11) is 0. The summed E-state index contributed by atoms with van der Waals surface area (Å²) in [5.74, 6) is -2.37. The molecule has 2 rings (SSSR count). The van der Waals surface area contributed by atoms with Crippen molar-refractivity contribution in [3.05, 3.63) is 65.7 Å². The minimum atomic E-state index is -4.46. The SMILES string of the molecule is CC(C(=O)O)C(NC(=O)Cc1cccc(OCC(F)(F)F)c1)c1ccccc1. The second-order valence-electron chi connectivity index (χ2n) is 6.31. The standard InChI is InChI=1S/C20H20F3NO4/c1-13(19(26)27)18(15-7-3-2-4-8-15)24-17(25)11-14-6-5-9-16(10-14)28-12-20(21,22)23/h2-10,13,18H,11-12H2,1H3,(H,24,25)(H,26,27). The fourth-order valence-corrected chi connectivity index (χ4v) is 2.62. The first-order valence-corrected chi connectivity index (χ1v) is 8.51. The molecule has 5 nitrogen and oxygen atoms in total. The Morgan fingerprint density at radius 3 is 2.39 bits per heavy atom. The maximum Gasteiger partial charge on any atom is 0.422 e. The Bertz CT molecular complexity index is 809. The van der Waals surface area contributed by atoms with E-state index in [1.807, 2.05) is 0 Å². The van der Waals surface area contributed by atoms with Gasteiger partial charge in [-0.15, -0.1) is 0 Å². The number of carbonyl (C=O) groups is 2. The number of carbonyl (C=O) groups excluding carboxylic acids is 1. The summed E-state index contributed by atoms with van der Waals surface area (Å²) in [6.45, 7) is 0.0702. The van der Waals surface area contributed by atoms with Gasteiger partial charge in [-0.3, -0.25) is 9.59 Å². The minimum absolute atomic E-state index is 0.00105. The number of carboxylic acid groups (broad SMARTS) is 1. The third kappa shape index (κ3) is 6.61. The maximum absolute atomic E-state index is 12.4. The first-order chi connectivity index (χ1) is 13.2. The van der Waals surface area contributed by atoms with E-state index in [4.69, 9.17) is 0 Å². The number of benzene rings is 2. The zero-order valence-electron chi connectivity index (χ0n) is 15.1. The van der Waals surface area contributed by atoms with E-state index in [1.165, 1.54) is 25.1 Å². The molecule has 0 radical (unpaired) electrons. The van der Waals surface area contributed by atoms with Crippen LogP contribution in [-0.4, -0.2) is 29.8 Å². The number of halogens is 3. The van der Waals surface area contributed by atoms with Crippen LogP contribution in [0.5, 0.6) is 5.75 Å². The summed E-state index contributed by atoms with van der Waals surface area (Å²) >= 11 is 0. The Morgan fingerprint density at radius 2 is 1.79 bits per heavy atom. The molecule has 2 aromatic rings. The fourth-order valence-electron chi connectivity index (χ4n) is 2.62. The van der Waals surface area contributed by atoms with Crippen LogP contribution in [0.25, 0.3) is 0 Å². The van der Waals surface area contributed by atoms with Gasteiger partial charge in [0.25, 0.3) is 0 Å². The molecule has 0 saturated carbocycles. The number of aliphatic carboxylic acids is 1. The van der Waals surface area contributed by atoms with Crippen LogP contribution in [0.1, 0.15) is 24.1 Å².